The summed E-state index contributed by atoms with van der Waals surface area (Å²) in [6.07, 6.45) is -0.732. The lowest BCUT2D eigenvalue weighted by Gasteiger charge is -2.35. The second-order valence-electron chi connectivity index (χ2n) is 5.70. The number of β-amino-alcohol motifs (C(OH)–C–C–N with tert-alkyl or cyclic N) is 1. The van der Waals surface area contributed by atoms with Gasteiger partial charge in [0.2, 0.25) is 0 Å². The molecule has 2 unspecified atom stereocenters. The molecule has 21 heavy (non-hydrogen) atoms. The Labute approximate surface area is 123 Å². The lowest BCUT2D eigenvalue weighted by atomic mass is 10.1. The Morgan fingerprint density at radius 1 is 1.38 bits per heavy atom. The normalized spacial score (nSPS) is 21.7. The van der Waals surface area contributed by atoms with E-state index in [0.717, 1.165) is 31.8 Å². The largest absolute Gasteiger partial charge is 0.387 e. The number of aliphatic hydroxyl groups excluding tert-OH is 1. The molecule has 1 aromatic carbocycles. The van der Waals surface area contributed by atoms with Crippen molar-refractivity contribution in [3.8, 4) is 0 Å². The highest BCUT2D eigenvalue weighted by atomic mass is 19.2. The Balaban J connectivity index is 1.92. The summed E-state index contributed by atoms with van der Waals surface area (Å²) in [5.41, 5.74) is 0.393. The van der Waals surface area contributed by atoms with Crippen molar-refractivity contribution < 1.29 is 18.6 Å². The maximum atomic E-state index is 13.2. The molecule has 4 nitrogen and oxygen atoms in total. The van der Waals surface area contributed by atoms with Gasteiger partial charge < -0.3 is 14.7 Å². The summed E-state index contributed by atoms with van der Waals surface area (Å²) in [4.78, 5) is 4.14. The topological polar surface area (TPSA) is 35.9 Å². The van der Waals surface area contributed by atoms with Crippen molar-refractivity contribution in [2.75, 3.05) is 46.9 Å². The van der Waals surface area contributed by atoms with Gasteiger partial charge in [-0.05, 0) is 31.8 Å². The zero-order chi connectivity index (χ0) is 15.4. The van der Waals surface area contributed by atoms with E-state index >= 15 is 0 Å². The molecule has 0 aromatic heterocycles. The van der Waals surface area contributed by atoms with Crippen molar-refractivity contribution in [2.24, 2.45) is 0 Å². The molecule has 0 aliphatic carbocycles. The van der Waals surface area contributed by atoms with Gasteiger partial charge in [-0.2, -0.15) is 0 Å². The number of halogens is 2. The highest BCUT2D eigenvalue weighted by Gasteiger charge is 2.23. The number of benzene rings is 1. The van der Waals surface area contributed by atoms with E-state index in [-0.39, 0.29) is 6.10 Å². The predicted octanol–water partition coefficient (Wildman–Crippen LogP) is 1.26. The van der Waals surface area contributed by atoms with Crippen molar-refractivity contribution in [1.82, 2.24) is 9.80 Å². The smallest absolute Gasteiger partial charge is 0.159 e. The van der Waals surface area contributed by atoms with Crippen LogP contribution >= 0.6 is 0 Å². The van der Waals surface area contributed by atoms with E-state index in [1.54, 1.807) is 0 Å². The Morgan fingerprint density at radius 3 is 2.81 bits per heavy atom. The van der Waals surface area contributed by atoms with Gasteiger partial charge >= 0.3 is 0 Å². The first-order chi connectivity index (χ1) is 9.95. The number of morpholine rings is 1. The van der Waals surface area contributed by atoms with E-state index < -0.39 is 17.7 Å². The molecular formula is C15H22F2N2O2. The van der Waals surface area contributed by atoms with Crippen LogP contribution in [-0.4, -0.2) is 67.9 Å². The molecule has 0 amide bonds. The average Bonchev–Trinajstić information content (AvgIpc) is 2.41. The molecule has 0 bridgehead atoms. The minimum atomic E-state index is -0.931. The zero-order valence-electron chi connectivity index (χ0n) is 12.4. The van der Waals surface area contributed by atoms with Crippen LogP contribution in [0.2, 0.25) is 0 Å². The van der Waals surface area contributed by atoms with Crippen LogP contribution < -0.4 is 0 Å². The standard InChI is InChI=1S/C15H22F2N2O2/c1-18(2)8-12-9-19(5-6-21-12)10-15(20)11-3-4-13(16)14(17)7-11/h3-4,7,12,15,20H,5-6,8-10H2,1-2H3. The van der Waals surface area contributed by atoms with Crippen molar-refractivity contribution in [1.29, 1.82) is 0 Å². The molecule has 118 valence electrons. The maximum absolute atomic E-state index is 13.2. The van der Waals surface area contributed by atoms with Crippen LogP contribution in [0.3, 0.4) is 0 Å². The number of rotatable bonds is 5. The first-order valence-electron chi connectivity index (χ1n) is 7.07. The molecule has 0 spiro atoms. The minimum absolute atomic E-state index is 0.103. The third-order valence-corrected chi connectivity index (χ3v) is 3.55. The molecule has 2 rings (SSSR count). The SMILES string of the molecule is CN(C)CC1CN(CC(O)c2ccc(F)c(F)c2)CCO1. The van der Waals surface area contributed by atoms with Crippen LogP contribution in [0.25, 0.3) is 0 Å². The summed E-state index contributed by atoms with van der Waals surface area (Å²) < 4.78 is 31.8. The van der Waals surface area contributed by atoms with Crippen molar-refractivity contribution in [2.45, 2.75) is 12.2 Å². The molecular weight excluding hydrogens is 278 g/mol. The molecule has 0 radical (unpaired) electrons. The summed E-state index contributed by atoms with van der Waals surface area (Å²) in [6.45, 7) is 3.27. The molecule has 1 aliphatic heterocycles. The number of nitrogens with zero attached hydrogens (tertiary/aromatic N) is 2. The highest BCUT2D eigenvalue weighted by Crippen LogP contribution is 2.18. The van der Waals surface area contributed by atoms with E-state index in [0.29, 0.717) is 18.7 Å². The van der Waals surface area contributed by atoms with Crippen LogP contribution in [0.5, 0.6) is 0 Å². The fourth-order valence-corrected chi connectivity index (χ4v) is 2.53. The first kappa shape index (κ1) is 16.3. The van der Waals surface area contributed by atoms with Crippen molar-refractivity contribution in [3.05, 3.63) is 35.4 Å². The quantitative estimate of drug-likeness (QED) is 0.888. The third-order valence-electron chi connectivity index (χ3n) is 3.55. The van der Waals surface area contributed by atoms with Gasteiger partial charge in [0.1, 0.15) is 0 Å². The molecule has 0 saturated carbocycles. The number of hydrogen-bond donors (Lipinski definition) is 1. The van der Waals surface area contributed by atoms with Crippen LogP contribution in [0.1, 0.15) is 11.7 Å². The Hall–Kier alpha value is -1.08. The van der Waals surface area contributed by atoms with Crippen molar-refractivity contribution >= 4 is 0 Å². The van der Waals surface area contributed by atoms with Gasteiger partial charge in [0, 0.05) is 26.2 Å². The van der Waals surface area contributed by atoms with Gasteiger partial charge in [0.15, 0.2) is 11.6 Å². The van der Waals surface area contributed by atoms with Gasteiger partial charge in [0.25, 0.3) is 0 Å². The van der Waals surface area contributed by atoms with Crippen LogP contribution in [-0.2, 0) is 4.74 Å². The van der Waals surface area contributed by atoms with Gasteiger partial charge in [-0.15, -0.1) is 0 Å². The van der Waals surface area contributed by atoms with E-state index in [2.05, 4.69) is 9.80 Å². The monoisotopic (exact) mass is 300 g/mol. The highest BCUT2D eigenvalue weighted by molar-refractivity contribution is 5.20. The number of likely N-dealkylation sites (N-methyl/N-ethyl adjacent to an activating group) is 1. The van der Waals surface area contributed by atoms with E-state index in [1.165, 1.54) is 6.07 Å². The van der Waals surface area contributed by atoms with E-state index in [1.807, 2.05) is 14.1 Å². The van der Waals surface area contributed by atoms with Crippen LogP contribution in [0, 0.1) is 11.6 Å². The van der Waals surface area contributed by atoms with Gasteiger partial charge in [-0.25, -0.2) is 8.78 Å². The van der Waals surface area contributed by atoms with E-state index in [9.17, 15) is 13.9 Å². The van der Waals surface area contributed by atoms with Crippen LogP contribution in [0.15, 0.2) is 18.2 Å². The number of ether oxygens (including phenoxy) is 1. The third kappa shape index (κ3) is 4.71. The first-order valence-corrected chi connectivity index (χ1v) is 7.07. The Bertz CT molecular complexity index is 471. The second-order valence-corrected chi connectivity index (χ2v) is 5.70. The molecule has 1 fully saturated rings. The van der Waals surface area contributed by atoms with Crippen LogP contribution in [0.4, 0.5) is 8.78 Å². The second kappa shape index (κ2) is 7.26. The Kier molecular flexibility index (Phi) is 5.64. The molecule has 1 aromatic rings. The molecule has 1 heterocycles. The minimum Gasteiger partial charge on any atom is -0.387 e. The molecule has 2 atom stereocenters. The summed E-state index contributed by atoms with van der Waals surface area (Å²) in [6, 6.07) is 3.51. The summed E-state index contributed by atoms with van der Waals surface area (Å²) >= 11 is 0. The summed E-state index contributed by atoms with van der Waals surface area (Å²) in [5, 5.41) is 10.2. The van der Waals surface area contributed by atoms with E-state index in [4.69, 9.17) is 4.74 Å². The zero-order valence-corrected chi connectivity index (χ0v) is 12.4. The summed E-state index contributed by atoms with van der Waals surface area (Å²) in [7, 11) is 3.97. The molecule has 1 saturated heterocycles. The lowest BCUT2D eigenvalue weighted by Crippen LogP contribution is -2.47. The van der Waals surface area contributed by atoms with Crippen molar-refractivity contribution in [3.63, 3.8) is 0 Å². The van der Waals surface area contributed by atoms with Gasteiger partial charge in [0.05, 0.1) is 18.8 Å². The predicted molar refractivity (Wildman–Crippen MR) is 76.1 cm³/mol. The Morgan fingerprint density at radius 2 is 2.14 bits per heavy atom. The fraction of sp³-hybridized carbons (Fsp3) is 0.600. The molecule has 1 aliphatic rings. The average molecular weight is 300 g/mol. The summed E-state index contributed by atoms with van der Waals surface area (Å²) in [5.74, 6) is -1.83. The lowest BCUT2D eigenvalue weighted by molar-refractivity contribution is -0.0489. The van der Waals surface area contributed by atoms with Gasteiger partial charge in [-0.1, -0.05) is 6.07 Å². The van der Waals surface area contributed by atoms with Gasteiger partial charge in [-0.3, -0.25) is 4.90 Å². The fourth-order valence-electron chi connectivity index (χ4n) is 2.53. The number of hydrogen-bond acceptors (Lipinski definition) is 4. The maximum Gasteiger partial charge on any atom is 0.159 e. The molecule has 6 heteroatoms. The number of aliphatic hydroxyl groups is 1. The molecule has 1 N–H and O–H groups in total.